The van der Waals surface area contributed by atoms with Crippen LogP contribution >= 0.6 is 0 Å². The van der Waals surface area contributed by atoms with Gasteiger partial charge in [0.25, 0.3) is 0 Å². The van der Waals surface area contributed by atoms with Gasteiger partial charge in [-0.2, -0.15) is 0 Å². The quantitative estimate of drug-likeness (QED) is 0.547. The van der Waals surface area contributed by atoms with Gasteiger partial charge >= 0.3 is 0 Å². The van der Waals surface area contributed by atoms with Gasteiger partial charge in [-0.25, -0.2) is 0 Å². The minimum absolute atomic E-state index is 1.11. The second-order valence-corrected chi connectivity index (χ2v) is 4.11. The molecule has 1 rings (SSSR count). The van der Waals surface area contributed by atoms with Crippen LogP contribution in [0.3, 0.4) is 0 Å². The number of rotatable bonds is 5. The van der Waals surface area contributed by atoms with Gasteiger partial charge in [-0.05, 0) is 26.2 Å². The van der Waals surface area contributed by atoms with Crippen molar-refractivity contribution in [3.63, 3.8) is 0 Å². The average molecular weight is 190 g/mol. The molecule has 0 aromatic rings. The van der Waals surface area contributed by atoms with Gasteiger partial charge in [0.05, 0.1) is 0 Å². The van der Waals surface area contributed by atoms with Crippen LogP contribution in [0.5, 0.6) is 0 Å². The van der Waals surface area contributed by atoms with Gasteiger partial charge in [0, 0.05) is 0 Å². The van der Waals surface area contributed by atoms with Crippen LogP contribution in [0, 0.1) is 0 Å². The summed E-state index contributed by atoms with van der Waals surface area (Å²) in [6.07, 6.45) is 17.0. The summed E-state index contributed by atoms with van der Waals surface area (Å²) in [5.74, 6) is 0. The van der Waals surface area contributed by atoms with Crippen molar-refractivity contribution in [2.75, 3.05) is 0 Å². The van der Waals surface area contributed by atoms with Gasteiger partial charge in [0.2, 0.25) is 0 Å². The zero-order chi connectivity index (χ0) is 10.2. The van der Waals surface area contributed by atoms with E-state index in [0.29, 0.717) is 0 Å². The van der Waals surface area contributed by atoms with Crippen molar-refractivity contribution in [3.8, 4) is 0 Å². The van der Waals surface area contributed by atoms with E-state index < -0.39 is 0 Å². The smallest absolute Gasteiger partial charge is 0.0158 e. The van der Waals surface area contributed by atoms with E-state index in [1.54, 1.807) is 0 Å². The molecule has 0 amide bonds. The maximum atomic E-state index is 2.36. The number of hydrogen-bond acceptors (Lipinski definition) is 0. The normalized spacial score (nSPS) is 16.1. The molecule has 0 aliphatic heterocycles. The maximum Gasteiger partial charge on any atom is -0.0158 e. The Balaban J connectivity index is 2.25. The average Bonchev–Trinajstić information content (AvgIpc) is 2.38. The fourth-order valence-electron chi connectivity index (χ4n) is 1.71. The second kappa shape index (κ2) is 6.64. The monoisotopic (exact) mass is 190 g/mol. The summed E-state index contributed by atoms with van der Waals surface area (Å²) >= 11 is 0. The Hall–Kier alpha value is -0.780. The van der Waals surface area contributed by atoms with E-state index in [2.05, 4.69) is 38.2 Å². The molecule has 0 unspecified atom stereocenters. The summed E-state index contributed by atoms with van der Waals surface area (Å²) in [7, 11) is 0. The summed E-state index contributed by atoms with van der Waals surface area (Å²) in [5.41, 5.74) is 2.92. The molecule has 0 aromatic carbocycles. The minimum Gasteiger partial charge on any atom is -0.0778 e. The van der Waals surface area contributed by atoms with Crippen molar-refractivity contribution < 1.29 is 0 Å². The molecule has 0 nitrogen and oxygen atoms in total. The molecule has 14 heavy (non-hydrogen) atoms. The lowest BCUT2D eigenvalue weighted by atomic mass is 10.1. The summed E-state index contributed by atoms with van der Waals surface area (Å²) in [6.45, 7) is 4.43. The van der Waals surface area contributed by atoms with Crippen molar-refractivity contribution in [3.05, 3.63) is 35.5 Å². The summed E-state index contributed by atoms with van der Waals surface area (Å²) in [4.78, 5) is 0. The third-order valence-corrected chi connectivity index (χ3v) is 2.70. The molecule has 0 N–H and O–H groups in total. The first-order valence-corrected chi connectivity index (χ1v) is 5.87. The third kappa shape index (κ3) is 4.45. The van der Waals surface area contributed by atoms with E-state index in [1.165, 1.54) is 43.3 Å². The van der Waals surface area contributed by atoms with E-state index >= 15 is 0 Å². The van der Waals surface area contributed by atoms with Gasteiger partial charge in [-0.3, -0.25) is 0 Å². The van der Waals surface area contributed by atoms with Crippen LogP contribution in [0.15, 0.2) is 35.5 Å². The van der Waals surface area contributed by atoms with Crippen molar-refractivity contribution in [1.82, 2.24) is 0 Å². The van der Waals surface area contributed by atoms with E-state index in [1.807, 2.05) is 0 Å². The molecule has 0 radical (unpaired) electrons. The highest BCUT2D eigenvalue weighted by Gasteiger charge is 1.96. The van der Waals surface area contributed by atoms with Crippen LogP contribution in [-0.4, -0.2) is 0 Å². The SMILES string of the molecule is CCCCCCC1=CCC=C(C)C=C1. The first kappa shape index (κ1) is 11.3. The fraction of sp³-hybridized carbons (Fsp3) is 0.571. The molecular weight excluding hydrogens is 168 g/mol. The molecule has 0 saturated carbocycles. The van der Waals surface area contributed by atoms with Gasteiger partial charge in [0.1, 0.15) is 0 Å². The van der Waals surface area contributed by atoms with Crippen LogP contribution in [-0.2, 0) is 0 Å². The lowest BCUT2D eigenvalue weighted by molar-refractivity contribution is 0.667. The summed E-state index contributed by atoms with van der Waals surface area (Å²) < 4.78 is 0. The van der Waals surface area contributed by atoms with Crippen LogP contribution in [0.2, 0.25) is 0 Å². The molecule has 1 aliphatic carbocycles. The van der Waals surface area contributed by atoms with Crippen molar-refractivity contribution in [1.29, 1.82) is 0 Å². The van der Waals surface area contributed by atoms with Gasteiger partial charge in [-0.1, -0.05) is 61.6 Å². The topological polar surface area (TPSA) is 0 Å². The molecule has 0 heterocycles. The molecule has 0 spiro atoms. The Morgan fingerprint density at radius 3 is 2.71 bits per heavy atom. The molecule has 0 atom stereocenters. The van der Waals surface area contributed by atoms with Crippen LogP contribution in [0.25, 0.3) is 0 Å². The molecule has 0 bridgehead atoms. The molecule has 0 aromatic heterocycles. The van der Waals surface area contributed by atoms with E-state index in [4.69, 9.17) is 0 Å². The standard InChI is InChI=1S/C14H22/c1-3-4-5-6-9-14-10-7-8-13(2)11-12-14/h8,10-12H,3-7,9H2,1-2H3. The minimum atomic E-state index is 1.11. The predicted octanol–water partition coefficient (Wildman–Crippen LogP) is 4.79. The number of unbranched alkanes of at least 4 members (excludes halogenated alkanes) is 3. The Bertz CT molecular complexity index is 241. The molecular formula is C14H22. The highest BCUT2D eigenvalue weighted by atomic mass is 14.0. The zero-order valence-corrected chi connectivity index (χ0v) is 9.55. The lowest BCUT2D eigenvalue weighted by Crippen LogP contribution is -1.81. The largest absolute Gasteiger partial charge is 0.0778 e. The highest BCUT2D eigenvalue weighted by molar-refractivity contribution is 5.30. The Morgan fingerprint density at radius 1 is 1.07 bits per heavy atom. The van der Waals surface area contributed by atoms with Crippen molar-refractivity contribution in [2.24, 2.45) is 0 Å². The molecule has 0 heteroatoms. The van der Waals surface area contributed by atoms with E-state index in [0.717, 1.165) is 6.42 Å². The lowest BCUT2D eigenvalue weighted by Gasteiger charge is -2.00. The molecule has 1 aliphatic rings. The fourth-order valence-corrected chi connectivity index (χ4v) is 1.71. The number of allylic oxidation sites excluding steroid dienone is 6. The molecule has 78 valence electrons. The maximum absolute atomic E-state index is 2.36. The molecule has 0 saturated heterocycles. The van der Waals surface area contributed by atoms with Crippen LogP contribution < -0.4 is 0 Å². The van der Waals surface area contributed by atoms with Crippen LogP contribution in [0.1, 0.15) is 52.4 Å². The first-order valence-electron chi connectivity index (χ1n) is 5.87. The zero-order valence-electron chi connectivity index (χ0n) is 9.55. The highest BCUT2D eigenvalue weighted by Crippen LogP contribution is 2.16. The van der Waals surface area contributed by atoms with Gasteiger partial charge in [0.15, 0.2) is 0 Å². The van der Waals surface area contributed by atoms with Crippen molar-refractivity contribution >= 4 is 0 Å². The summed E-state index contributed by atoms with van der Waals surface area (Å²) in [5, 5.41) is 0. The Kier molecular flexibility index (Phi) is 5.36. The Morgan fingerprint density at radius 2 is 1.93 bits per heavy atom. The van der Waals surface area contributed by atoms with E-state index in [-0.39, 0.29) is 0 Å². The predicted molar refractivity (Wildman–Crippen MR) is 64.4 cm³/mol. The first-order chi connectivity index (χ1) is 6.83. The molecule has 0 fully saturated rings. The number of hydrogen-bond donors (Lipinski definition) is 0. The Labute approximate surface area is 88.4 Å². The van der Waals surface area contributed by atoms with Crippen LogP contribution in [0.4, 0.5) is 0 Å². The van der Waals surface area contributed by atoms with E-state index in [9.17, 15) is 0 Å². The van der Waals surface area contributed by atoms with Gasteiger partial charge in [-0.15, -0.1) is 0 Å². The van der Waals surface area contributed by atoms with Crippen molar-refractivity contribution in [2.45, 2.75) is 52.4 Å². The second-order valence-electron chi connectivity index (χ2n) is 4.11. The third-order valence-electron chi connectivity index (χ3n) is 2.70. The van der Waals surface area contributed by atoms with Gasteiger partial charge < -0.3 is 0 Å². The summed E-state index contributed by atoms with van der Waals surface area (Å²) in [6, 6.07) is 0.